The van der Waals surface area contributed by atoms with Crippen LogP contribution in [0.25, 0.3) is 0 Å². The molecule has 0 amide bonds. The van der Waals surface area contributed by atoms with E-state index in [-0.39, 0.29) is 0 Å². The predicted molar refractivity (Wildman–Crippen MR) is 24.3 cm³/mol. The molecular weight excluding hydrogens is 177 g/mol. The second-order valence-corrected chi connectivity index (χ2v) is 1.94. The molecule has 0 aromatic rings. The number of hydrogen-bond acceptors (Lipinski definition) is 5. The maximum Gasteiger partial charge on any atom is 0.435 e. The number of halogens is 1. The van der Waals surface area contributed by atoms with Crippen molar-refractivity contribution in [1.82, 2.24) is 0 Å². The van der Waals surface area contributed by atoms with E-state index in [0.29, 0.717) is 0 Å². The summed E-state index contributed by atoms with van der Waals surface area (Å²) >= 11 is 0. The summed E-state index contributed by atoms with van der Waals surface area (Å²) in [6.07, 6.45) is 0. The van der Waals surface area contributed by atoms with Crippen LogP contribution in [0.5, 0.6) is 0 Å². The summed E-state index contributed by atoms with van der Waals surface area (Å²) in [5.41, 5.74) is 0. The minimum atomic E-state index is -5.17. The smallest absolute Gasteiger partial charge is 0.260 e. The van der Waals surface area contributed by atoms with Gasteiger partial charge >= 0.3 is 21.0 Å². The van der Waals surface area contributed by atoms with Crippen LogP contribution in [0.15, 0.2) is 0 Å². The average Bonchev–Trinajstić information content (AvgIpc) is 1.19. The molecule has 56 valence electrons. The molecule has 2 N–H and O–H groups in total. The number of hydrogen-bond donors (Lipinski definition) is 2. The fourth-order valence-electron chi connectivity index (χ4n) is 0. The lowest BCUT2D eigenvalue weighted by Gasteiger charge is -1.63. The van der Waals surface area contributed by atoms with Crippen molar-refractivity contribution in [2.45, 2.75) is 0 Å². The Morgan fingerprint density at radius 3 is 1.44 bits per heavy atom. The zero-order valence-corrected chi connectivity index (χ0v) is 5.41. The van der Waals surface area contributed by atoms with E-state index in [1.165, 1.54) is 0 Å². The molecular formula is H2FNO5S2. The van der Waals surface area contributed by atoms with E-state index in [0.717, 1.165) is 0 Å². The predicted octanol–water partition coefficient (Wildman–Crippen LogP) is -0.613. The van der Waals surface area contributed by atoms with Crippen molar-refractivity contribution in [3.8, 4) is 0 Å². The van der Waals surface area contributed by atoms with E-state index in [1.807, 2.05) is 0 Å². The summed E-state index contributed by atoms with van der Waals surface area (Å²) in [5.74, 6) is 0. The molecule has 0 atom stereocenters. The molecule has 0 radical (unpaired) electrons. The molecule has 6 nitrogen and oxygen atoms in total. The zero-order valence-electron chi connectivity index (χ0n) is 3.77. The third kappa shape index (κ3) is 763. The molecule has 0 saturated carbocycles. The van der Waals surface area contributed by atoms with Gasteiger partial charge in [-0.05, 0) is 0 Å². The maximum absolute atomic E-state index is 10.2. The lowest BCUT2D eigenvalue weighted by Crippen LogP contribution is -1.80. The highest BCUT2D eigenvalue weighted by atomic mass is 32.3. The van der Waals surface area contributed by atoms with Crippen LogP contribution in [-0.2, 0) is 21.0 Å². The Kier molecular flexibility index (Phi) is 5.45. The van der Waals surface area contributed by atoms with Gasteiger partial charge in [0.25, 0.3) is 0 Å². The largest absolute Gasteiger partial charge is 0.435 e. The molecule has 0 unspecified atom stereocenters. The SMILES string of the molecule is N=S(=O)=O.O=S(=O)(O)F. The summed E-state index contributed by atoms with van der Waals surface area (Å²) < 4.78 is 56.9. The molecule has 0 aliphatic heterocycles. The first-order chi connectivity index (χ1) is 3.73. The average molecular weight is 179 g/mol. The lowest BCUT2D eigenvalue weighted by molar-refractivity contribution is 0.435. The van der Waals surface area contributed by atoms with Gasteiger partial charge in [0.15, 0.2) is 0 Å². The van der Waals surface area contributed by atoms with Gasteiger partial charge in [-0.3, -0.25) is 4.55 Å². The Hall–Kier alpha value is -0.540. The normalized spacial score (nSPS) is 9.11. The fraction of sp³-hybridized carbons (Fsp3) is 0. The van der Waals surface area contributed by atoms with Gasteiger partial charge in [0.05, 0.1) is 0 Å². The van der Waals surface area contributed by atoms with Crippen molar-refractivity contribution < 1.29 is 25.3 Å². The highest BCUT2D eigenvalue weighted by Gasteiger charge is 1.89. The van der Waals surface area contributed by atoms with Crippen LogP contribution < -0.4 is 0 Å². The Labute approximate surface area is 51.9 Å². The molecule has 9 heteroatoms. The van der Waals surface area contributed by atoms with Gasteiger partial charge in [0, 0.05) is 0 Å². The molecule has 0 heterocycles. The molecule has 0 fully saturated rings. The first kappa shape index (κ1) is 11.3. The van der Waals surface area contributed by atoms with Gasteiger partial charge in [-0.25, -0.2) is 0 Å². The molecule has 0 spiro atoms. The van der Waals surface area contributed by atoms with Crippen LogP contribution in [0.4, 0.5) is 3.89 Å². The highest BCUT2D eigenvalue weighted by Crippen LogP contribution is 1.74. The molecule has 0 bridgehead atoms. The number of nitrogens with one attached hydrogen (secondary N) is 1. The van der Waals surface area contributed by atoms with Gasteiger partial charge < -0.3 is 0 Å². The van der Waals surface area contributed by atoms with E-state index < -0.39 is 21.0 Å². The highest BCUT2D eigenvalue weighted by molar-refractivity contribution is 7.80. The Morgan fingerprint density at radius 1 is 1.44 bits per heavy atom. The molecule has 0 saturated heterocycles. The van der Waals surface area contributed by atoms with Gasteiger partial charge in [0.2, 0.25) is 0 Å². The van der Waals surface area contributed by atoms with Crippen LogP contribution >= 0.6 is 0 Å². The summed E-state index contributed by atoms with van der Waals surface area (Å²) in [7, 11) is -7.78. The minimum absolute atomic E-state index is 2.61. The van der Waals surface area contributed by atoms with Crippen LogP contribution in [0.2, 0.25) is 0 Å². The van der Waals surface area contributed by atoms with Crippen molar-refractivity contribution >= 4 is 21.0 Å². The second-order valence-electron chi connectivity index (χ2n) is 0.647. The monoisotopic (exact) mass is 179 g/mol. The van der Waals surface area contributed by atoms with E-state index in [9.17, 15) is 3.89 Å². The minimum Gasteiger partial charge on any atom is -0.260 e. The van der Waals surface area contributed by atoms with E-state index in [4.69, 9.17) is 26.2 Å². The second kappa shape index (κ2) is 4.35. The summed E-state index contributed by atoms with van der Waals surface area (Å²) in [4.78, 5) is 0. The third-order valence-electron chi connectivity index (χ3n) is 0. The molecule has 0 aromatic heterocycles. The Balaban J connectivity index is 0. The molecule has 9 heavy (non-hydrogen) atoms. The molecule has 0 rings (SSSR count). The van der Waals surface area contributed by atoms with Crippen LogP contribution in [-0.4, -0.2) is 21.4 Å². The van der Waals surface area contributed by atoms with Gasteiger partial charge in [-0.2, -0.15) is 21.6 Å². The topological polar surface area (TPSA) is 112 Å². The lowest BCUT2D eigenvalue weighted by atomic mass is 14.0. The van der Waals surface area contributed by atoms with Crippen molar-refractivity contribution in [2.24, 2.45) is 0 Å². The Bertz CT molecular complexity index is 228. The van der Waals surface area contributed by atoms with Crippen LogP contribution in [0, 0.1) is 4.78 Å². The van der Waals surface area contributed by atoms with Crippen molar-refractivity contribution in [3.05, 3.63) is 0 Å². The summed E-state index contributed by atoms with van der Waals surface area (Å²) in [5, 5.41) is 0. The summed E-state index contributed by atoms with van der Waals surface area (Å²) in [6, 6.07) is 0. The number of rotatable bonds is 0. The van der Waals surface area contributed by atoms with Gasteiger partial charge in [-0.1, -0.05) is 3.89 Å². The van der Waals surface area contributed by atoms with Crippen LogP contribution in [0.1, 0.15) is 0 Å². The third-order valence-corrected chi connectivity index (χ3v) is 0. The fourth-order valence-corrected chi connectivity index (χ4v) is 0. The standard InChI is InChI=1S/FHO3S.HNO2S/c1-5(2,3)4;1-4(2)3/h(H,2,3,4);1H. The molecule has 0 aromatic carbocycles. The van der Waals surface area contributed by atoms with E-state index >= 15 is 0 Å². The molecule has 0 aliphatic carbocycles. The molecule has 0 aliphatic rings. The van der Waals surface area contributed by atoms with Crippen molar-refractivity contribution in [3.63, 3.8) is 0 Å². The zero-order chi connectivity index (χ0) is 8.08. The van der Waals surface area contributed by atoms with Crippen molar-refractivity contribution in [1.29, 1.82) is 4.78 Å². The van der Waals surface area contributed by atoms with Gasteiger partial charge in [-0.15, -0.1) is 0 Å². The van der Waals surface area contributed by atoms with Crippen LogP contribution in [0.3, 0.4) is 0 Å². The van der Waals surface area contributed by atoms with E-state index in [2.05, 4.69) is 0 Å². The summed E-state index contributed by atoms with van der Waals surface area (Å²) in [6.45, 7) is 0. The van der Waals surface area contributed by atoms with Gasteiger partial charge in [0.1, 0.15) is 0 Å². The van der Waals surface area contributed by atoms with E-state index in [1.54, 1.807) is 0 Å². The quantitative estimate of drug-likeness (QED) is 0.380. The first-order valence-electron chi connectivity index (χ1n) is 1.21. The first-order valence-corrected chi connectivity index (χ1v) is 3.62. The van der Waals surface area contributed by atoms with Crippen molar-refractivity contribution in [2.75, 3.05) is 0 Å². The Morgan fingerprint density at radius 2 is 1.44 bits per heavy atom. The maximum atomic E-state index is 10.2.